The Hall–Kier alpha value is -2.04. The molecule has 1 atom stereocenters. The molecule has 0 fully saturated rings. The lowest BCUT2D eigenvalue weighted by Crippen LogP contribution is -2.36. The summed E-state index contributed by atoms with van der Waals surface area (Å²) in [7, 11) is 0. The van der Waals surface area contributed by atoms with Crippen molar-refractivity contribution in [1.82, 2.24) is 0 Å². The van der Waals surface area contributed by atoms with Gasteiger partial charge >= 0.3 is 11.9 Å². The summed E-state index contributed by atoms with van der Waals surface area (Å²) in [6.07, 6.45) is 6.22. The number of aryl methyl sites for hydroxylation is 1. The molecule has 1 aromatic rings. The lowest BCUT2D eigenvalue weighted by Gasteiger charge is -2.30. The molecular weight excluding hydrogens is 320 g/mol. The van der Waals surface area contributed by atoms with Gasteiger partial charge < -0.3 is 15.3 Å². The Morgan fingerprint density at radius 1 is 1.00 bits per heavy atom. The van der Waals surface area contributed by atoms with Gasteiger partial charge in [0.1, 0.15) is 5.75 Å². The van der Waals surface area contributed by atoms with E-state index in [1.165, 1.54) is 0 Å². The summed E-state index contributed by atoms with van der Waals surface area (Å²) in [6.45, 7) is 3.76. The lowest BCUT2D eigenvalue weighted by atomic mass is 9.72. The third kappa shape index (κ3) is 6.07. The molecule has 0 radical (unpaired) electrons. The van der Waals surface area contributed by atoms with E-state index in [-0.39, 0.29) is 12.2 Å². The number of carbonyl (C=O) groups is 2. The molecule has 25 heavy (non-hydrogen) atoms. The normalized spacial score (nSPS) is 13.4. The van der Waals surface area contributed by atoms with E-state index in [4.69, 9.17) is 5.11 Å². The largest absolute Gasteiger partial charge is 0.508 e. The number of carboxylic acid groups (broad SMARTS) is 2. The average Bonchev–Trinajstić information content (AvgIpc) is 2.55. The fraction of sp³-hybridized carbons (Fsp3) is 0.600. The number of hydrogen-bond donors (Lipinski definition) is 3. The molecule has 0 heterocycles. The van der Waals surface area contributed by atoms with Gasteiger partial charge in [0.05, 0.1) is 5.41 Å². The summed E-state index contributed by atoms with van der Waals surface area (Å²) < 4.78 is 0. The average molecular weight is 350 g/mol. The summed E-state index contributed by atoms with van der Waals surface area (Å²) in [5, 5.41) is 28.3. The molecule has 0 aliphatic heterocycles. The SMILES string of the molecule is CCCC(CCCCCCCC(=O)O)(C(=O)O)c1ccc(O)c(C)c1. The highest BCUT2D eigenvalue weighted by molar-refractivity contribution is 5.81. The first-order valence-electron chi connectivity index (χ1n) is 9.08. The molecule has 0 saturated heterocycles. The molecule has 1 aromatic carbocycles. The van der Waals surface area contributed by atoms with Crippen LogP contribution in [0.1, 0.15) is 75.8 Å². The van der Waals surface area contributed by atoms with Crippen LogP contribution in [0.25, 0.3) is 0 Å². The Kier molecular flexibility index (Phi) is 8.46. The fourth-order valence-corrected chi connectivity index (χ4v) is 3.36. The van der Waals surface area contributed by atoms with Crippen molar-refractivity contribution in [2.75, 3.05) is 0 Å². The van der Waals surface area contributed by atoms with Crippen molar-refractivity contribution in [3.63, 3.8) is 0 Å². The van der Waals surface area contributed by atoms with Crippen LogP contribution >= 0.6 is 0 Å². The second-order valence-electron chi connectivity index (χ2n) is 6.80. The minimum absolute atomic E-state index is 0.179. The number of hydrogen-bond acceptors (Lipinski definition) is 3. The van der Waals surface area contributed by atoms with Crippen molar-refractivity contribution < 1.29 is 24.9 Å². The molecule has 0 bridgehead atoms. The van der Waals surface area contributed by atoms with E-state index in [9.17, 15) is 19.8 Å². The van der Waals surface area contributed by atoms with Gasteiger partial charge in [-0.15, -0.1) is 0 Å². The van der Waals surface area contributed by atoms with Gasteiger partial charge in [-0.25, -0.2) is 0 Å². The monoisotopic (exact) mass is 350 g/mol. The van der Waals surface area contributed by atoms with E-state index in [1.54, 1.807) is 25.1 Å². The molecular formula is C20H30O5. The number of aliphatic carboxylic acids is 2. The van der Waals surface area contributed by atoms with Crippen LogP contribution in [-0.2, 0) is 15.0 Å². The Labute approximate surface area is 149 Å². The second-order valence-corrected chi connectivity index (χ2v) is 6.80. The first kappa shape index (κ1) is 21.0. The standard InChI is InChI=1S/C20H30O5/c1-3-12-20(19(24)25,16-10-11-17(21)15(2)14-16)13-8-6-4-5-7-9-18(22)23/h10-11,14,21H,3-9,12-13H2,1-2H3,(H,22,23)(H,24,25). The maximum atomic E-state index is 12.1. The van der Waals surface area contributed by atoms with Crippen molar-refractivity contribution in [2.45, 2.75) is 77.0 Å². The molecule has 140 valence electrons. The van der Waals surface area contributed by atoms with E-state index in [1.807, 2.05) is 6.92 Å². The zero-order valence-electron chi connectivity index (χ0n) is 15.3. The zero-order valence-corrected chi connectivity index (χ0v) is 15.3. The summed E-state index contributed by atoms with van der Waals surface area (Å²) >= 11 is 0. The predicted molar refractivity (Wildman–Crippen MR) is 97.0 cm³/mol. The van der Waals surface area contributed by atoms with E-state index in [2.05, 4.69) is 0 Å². The van der Waals surface area contributed by atoms with Crippen LogP contribution in [0.4, 0.5) is 0 Å². The van der Waals surface area contributed by atoms with E-state index >= 15 is 0 Å². The van der Waals surface area contributed by atoms with Crippen LogP contribution < -0.4 is 0 Å². The summed E-state index contributed by atoms with van der Waals surface area (Å²) in [5.41, 5.74) is 0.518. The fourth-order valence-electron chi connectivity index (χ4n) is 3.36. The van der Waals surface area contributed by atoms with Gasteiger partial charge in [0, 0.05) is 6.42 Å². The van der Waals surface area contributed by atoms with E-state index in [0.717, 1.165) is 37.7 Å². The van der Waals surface area contributed by atoms with Gasteiger partial charge in [-0.2, -0.15) is 0 Å². The minimum Gasteiger partial charge on any atom is -0.508 e. The van der Waals surface area contributed by atoms with Crippen molar-refractivity contribution >= 4 is 11.9 Å². The maximum absolute atomic E-state index is 12.1. The number of phenolic OH excluding ortho intramolecular Hbond substituents is 1. The molecule has 0 aliphatic carbocycles. The summed E-state index contributed by atoms with van der Waals surface area (Å²) in [5.74, 6) is -1.40. The zero-order chi connectivity index (χ0) is 18.9. The number of unbranched alkanes of at least 4 members (excludes halogenated alkanes) is 4. The van der Waals surface area contributed by atoms with Gasteiger partial charge in [-0.3, -0.25) is 9.59 Å². The number of benzene rings is 1. The summed E-state index contributed by atoms with van der Waals surface area (Å²) in [6, 6.07) is 5.08. The Morgan fingerprint density at radius 3 is 2.20 bits per heavy atom. The van der Waals surface area contributed by atoms with Crippen LogP contribution in [-0.4, -0.2) is 27.3 Å². The van der Waals surface area contributed by atoms with Crippen molar-refractivity contribution in [3.05, 3.63) is 29.3 Å². The molecule has 0 amide bonds. The van der Waals surface area contributed by atoms with Crippen molar-refractivity contribution in [3.8, 4) is 5.75 Å². The topological polar surface area (TPSA) is 94.8 Å². The number of phenols is 1. The van der Waals surface area contributed by atoms with E-state index in [0.29, 0.717) is 24.8 Å². The molecule has 0 saturated carbocycles. The molecule has 3 N–H and O–H groups in total. The van der Waals surface area contributed by atoms with Gasteiger partial charge in [-0.1, -0.05) is 51.2 Å². The minimum atomic E-state index is -0.922. The maximum Gasteiger partial charge on any atom is 0.314 e. The van der Waals surface area contributed by atoms with E-state index < -0.39 is 17.4 Å². The van der Waals surface area contributed by atoms with Gasteiger partial charge in [0.15, 0.2) is 0 Å². The van der Waals surface area contributed by atoms with Crippen molar-refractivity contribution in [1.29, 1.82) is 0 Å². The van der Waals surface area contributed by atoms with Crippen LogP contribution in [0, 0.1) is 6.92 Å². The third-order valence-corrected chi connectivity index (χ3v) is 4.83. The van der Waals surface area contributed by atoms with Gasteiger partial charge in [0.25, 0.3) is 0 Å². The molecule has 0 aliphatic rings. The predicted octanol–water partition coefficient (Wildman–Crippen LogP) is 4.64. The Morgan fingerprint density at radius 2 is 1.64 bits per heavy atom. The smallest absolute Gasteiger partial charge is 0.314 e. The molecule has 1 rings (SSSR count). The molecule has 1 unspecified atom stereocenters. The van der Waals surface area contributed by atoms with Crippen LogP contribution in [0.3, 0.4) is 0 Å². The van der Waals surface area contributed by atoms with Gasteiger partial charge in [0.2, 0.25) is 0 Å². The molecule has 5 nitrogen and oxygen atoms in total. The quantitative estimate of drug-likeness (QED) is 0.477. The summed E-state index contributed by atoms with van der Waals surface area (Å²) in [4.78, 5) is 22.6. The highest BCUT2D eigenvalue weighted by atomic mass is 16.4. The first-order valence-corrected chi connectivity index (χ1v) is 9.08. The molecule has 0 aromatic heterocycles. The lowest BCUT2D eigenvalue weighted by molar-refractivity contribution is -0.144. The molecule has 5 heteroatoms. The highest BCUT2D eigenvalue weighted by Gasteiger charge is 2.39. The highest BCUT2D eigenvalue weighted by Crippen LogP contribution is 2.37. The van der Waals surface area contributed by atoms with Crippen molar-refractivity contribution in [2.24, 2.45) is 0 Å². The van der Waals surface area contributed by atoms with Crippen LogP contribution in [0.5, 0.6) is 5.75 Å². The first-order chi connectivity index (χ1) is 11.8. The molecule has 0 spiro atoms. The second kappa shape index (κ2) is 10.1. The Balaban J connectivity index is 2.74. The van der Waals surface area contributed by atoms with Crippen LogP contribution in [0.15, 0.2) is 18.2 Å². The Bertz CT molecular complexity index is 581. The number of carboxylic acids is 2. The number of aromatic hydroxyl groups is 1. The third-order valence-electron chi connectivity index (χ3n) is 4.83. The number of rotatable bonds is 12. The van der Waals surface area contributed by atoms with Crippen LogP contribution in [0.2, 0.25) is 0 Å². The van der Waals surface area contributed by atoms with Gasteiger partial charge in [-0.05, 0) is 43.4 Å².